The number of amides is 1. The molecule has 1 N–H and O–H groups in total. The quantitative estimate of drug-likeness (QED) is 0.829. The van der Waals surface area contributed by atoms with Gasteiger partial charge in [-0.05, 0) is 46.5 Å². The van der Waals surface area contributed by atoms with Crippen LogP contribution in [0.15, 0.2) is 0 Å². The van der Waals surface area contributed by atoms with E-state index >= 15 is 0 Å². The van der Waals surface area contributed by atoms with E-state index in [2.05, 4.69) is 25.4 Å². The summed E-state index contributed by atoms with van der Waals surface area (Å²) in [6, 6.07) is 0.311. The molecule has 6 heteroatoms. The molecule has 114 valence electrons. The molecule has 1 atom stereocenters. The number of hydrogen-bond acceptors (Lipinski definition) is 5. The Morgan fingerprint density at radius 3 is 2.33 bits per heavy atom. The Morgan fingerprint density at radius 2 is 1.81 bits per heavy atom. The predicted molar refractivity (Wildman–Crippen MR) is 79.9 cm³/mol. The molecule has 1 amide bonds. The van der Waals surface area contributed by atoms with Crippen molar-refractivity contribution in [2.24, 2.45) is 11.3 Å². The Kier molecular flexibility index (Phi) is 3.34. The summed E-state index contributed by atoms with van der Waals surface area (Å²) < 4.78 is 0. The van der Waals surface area contributed by atoms with Crippen LogP contribution in [0.5, 0.6) is 0 Å². The Morgan fingerprint density at radius 1 is 1.14 bits per heavy atom. The molecule has 3 heterocycles. The van der Waals surface area contributed by atoms with E-state index in [0.717, 1.165) is 43.3 Å². The van der Waals surface area contributed by atoms with Gasteiger partial charge in [0.05, 0.1) is 16.8 Å². The summed E-state index contributed by atoms with van der Waals surface area (Å²) >= 11 is 0. The summed E-state index contributed by atoms with van der Waals surface area (Å²) in [5, 5.41) is 11.4. The Balaban J connectivity index is 1.63. The maximum atomic E-state index is 11.6. The Bertz CT molecular complexity index is 563. The smallest absolute Gasteiger partial charge is 0.245 e. The number of aryl methyl sites for hydroxylation is 2. The number of aromatic nitrogens is 3. The number of nitrogens with one attached hydrogen (secondary N) is 1. The molecule has 21 heavy (non-hydrogen) atoms. The van der Waals surface area contributed by atoms with Crippen molar-refractivity contribution in [3.8, 4) is 0 Å². The second-order valence-corrected chi connectivity index (χ2v) is 6.78. The van der Waals surface area contributed by atoms with Crippen molar-refractivity contribution in [3.05, 3.63) is 11.4 Å². The lowest BCUT2D eigenvalue weighted by molar-refractivity contribution is -0.145. The summed E-state index contributed by atoms with van der Waals surface area (Å²) in [4.78, 5) is 18.3. The molecule has 0 spiro atoms. The number of β-lactam (4-membered cyclic amide) rings is 1. The lowest BCUT2D eigenvalue weighted by atomic mass is 9.68. The highest BCUT2D eigenvalue weighted by Crippen LogP contribution is 2.38. The van der Waals surface area contributed by atoms with Gasteiger partial charge in [-0.1, -0.05) is 0 Å². The van der Waals surface area contributed by atoms with Crippen LogP contribution in [0.3, 0.4) is 0 Å². The fourth-order valence-corrected chi connectivity index (χ4v) is 3.29. The van der Waals surface area contributed by atoms with E-state index in [1.807, 2.05) is 27.7 Å². The second-order valence-electron chi connectivity index (χ2n) is 6.78. The molecule has 0 radical (unpaired) electrons. The molecule has 0 saturated carbocycles. The minimum atomic E-state index is -0.217. The van der Waals surface area contributed by atoms with Crippen LogP contribution < -0.4 is 10.2 Å². The van der Waals surface area contributed by atoms with E-state index < -0.39 is 0 Å². The van der Waals surface area contributed by atoms with Gasteiger partial charge in [-0.2, -0.15) is 5.10 Å². The normalized spacial score (nSPS) is 25.4. The number of carbonyl (C=O) groups excluding carboxylic acids is 1. The van der Waals surface area contributed by atoms with Gasteiger partial charge in [0.2, 0.25) is 11.9 Å². The second kappa shape index (κ2) is 4.93. The molecule has 3 rings (SSSR count). The van der Waals surface area contributed by atoms with Crippen molar-refractivity contribution in [2.75, 3.05) is 18.0 Å². The van der Waals surface area contributed by atoms with Crippen molar-refractivity contribution in [2.45, 2.75) is 46.6 Å². The molecule has 2 aliphatic heterocycles. The van der Waals surface area contributed by atoms with Crippen LogP contribution in [-0.2, 0) is 4.79 Å². The Labute approximate surface area is 125 Å². The first kappa shape index (κ1) is 14.2. The topological polar surface area (TPSA) is 71.0 Å². The van der Waals surface area contributed by atoms with E-state index in [-0.39, 0.29) is 11.3 Å². The first-order valence-electron chi connectivity index (χ1n) is 7.63. The molecule has 1 unspecified atom stereocenters. The lowest BCUT2D eigenvalue weighted by Gasteiger charge is -2.50. The average Bonchev–Trinajstić information content (AvgIpc) is 2.48. The summed E-state index contributed by atoms with van der Waals surface area (Å²) in [6.07, 6.45) is 2.12. The third-order valence-electron chi connectivity index (χ3n) is 5.02. The molecule has 1 aromatic heterocycles. The number of piperidine rings is 1. The predicted octanol–water partition coefficient (Wildman–Crippen LogP) is 1.23. The highest BCUT2D eigenvalue weighted by Gasteiger charge is 2.51. The number of rotatable bonds is 2. The lowest BCUT2D eigenvalue weighted by Crippen LogP contribution is -2.67. The van der Waals surface area contributed by atoms with Gasteiger partial charge in [0, 0.05) is 19.1 Å². The molecule has 0 aromatic carbocycles. The monoisotopic (exact) mass is 289 g/mol. The number of carbonyl (C=O) groups is 1. The average molecular weight is 289 g/mol. The number of nitrogens with zero attached hydrogens (tertiary/aromatic N) is 4. The van der Waals surface area contributed by atoms with Crippen LogP contribution in [0.4, 0.5) is 5.95 Å². The van der Waals surface area contributed by atoms with Crippen LogP contribution in [0, 0.1) is 25.2 Å². The molecule has 0 aliphatic carbocycles. The van der Waals surface area contributed by atoms with E-state index in [4.69, 9.17) is 0 Å². The number of hydrogen-bond donors (Lipinski definition) is 1. The van der Waals surface area contributed by atoms with E-state index in [0.29, 0.717) is 12.0 Å². The summed E-state index contributed by atoms with van der Waals surface area (Å²) in [5.41, 5.74) is 1.60. The van der Waals surface area contributed by atoms with Crippen LogP contribution in [0.2, 0.25) is 0 Å². The molecule has 2 saturated heterocycles. The van der Waals surface area contributed by atoms with Crippen LogP contribution in [0.1, 0.15) is 38.1 Å². The van der Waals surface area contributed by atoms with Gasteiger partial charge in [-0.3, -0.25) is 4.79 Å². The molecular weight excluding hydrogens is 266 g/mol. The van der Waals surface area contributed by atoms with E-state index in [1.165, 1.54) is 0 Å². The standard InChI is InChI=1S/C15H23N5O/c1-9-10(2)18-19-14(16-9)20-7-5-11(6-8-20)12-15(3,4)13(21)17-12/h11-12H,5-8H2,1-4H3,(H,17,21). The molecule has 2 fully saturated rings. The maximum absolute atomic E-state index is 11.6. The van der Waals surface area contributed by atoms with Gasteiger partial charge < -0.3 is 10.2 Å². The minimum absolute atomic E-state index is 0.177. The van der Waals surface area contributed by atoms with Crippen LogP contribution in [0.25, 0.3) is 0 Å². The van der Waals surface area contributed by atoms with Gasteiger partial charge in [0.15, 0.2) is 0 Å². The van der Waals surface area contributed by atoms with Gasteiger partial charge in [-0.25, -0.2) is 4.98 Å². The van der Waals surface area contributed by atoms with E-state index in [9.17, 15) is 4.79 Å². The minimum Gasteiger partial charge on any atom is -0.351 e. The fraction of sp³-hybridized carbons (Fsp3) is 0.733. The van der Waals surface area contributed by atoms with Crippen molar-refractivity contribution in [3.63, 3.8) is 0 Å². The summed E-state index contributed by atoms with van der Waals surface area (Å²) in [7, 11) is 0. The zero-order chi connectivity index (χ0) is 15.2. The van der Waals surface area contributed by atoms with Crippen molar-refractivity contribution in [1.82, 2.24) is 20.5 Å². The van der Waals surface area contributed by atoms with Gasteiger partial charge in [-0.15, -0.1) is 5.10 Å². The highest BCUT2D eigenvalue weighted by molar-refractivity contribution is 5.89. The van der Waals surface area contributed by atoms with Crippen LogP contribution in [-0.4, -0.2) is 40.2 Å². The molecule has 6 nitrogen and oxygen atoms in total. The first-order valence-corrected chi connectivity index (χ1v) is 7.63. The SMILES string of the molecule is Cc1nnc(N2CCC(C3NC(=O)C3(C)C)CC2)nc1C. The zero-order valence-electron chi connectivity index (χ0n) is 13.2. The summed E-state index contributed by atoms with van der Waals surface area (Å²) in [6.45, 7) is 9.83. The van der Waals surface area contributed by atoms with Gasteiger partial charge >= 0.3 is 0 Å². The van der Waals surface area contributed by atoms with Gasteiger partial charge in [0.1, 0.15) is 0 Å². The van der Waals surface area contributed by atoms with Crippen molar-refractivity contribution >= 4 is 11.9 Å². The van der Waals surface area contributed by atoms with Gasteiger partial charge in [0.25, 0.3) is 0 Å². The fourth-order valence-electron chi connectivity index (χ4n) is 3.29. The molecule has 2 aliphatic rings. The van der Waals surface area contributed by atoms with Crippen molar-refractivity contribution < 1.29 is 4.79 Å². The molecule has 1 aromatic rings. The van der Waals surface area contributed by atoms with Crippen LogP contribution >= 0.6 is 0 Å². The largest absolute Gasteiger partial charge is 0.351 e. The third kappa shape index (κ3) is 2.36. The van der Waals surface area contributed by atoms with E-state index in [1.54, 1.807) is 0 Å². The molecule has 0 bridgehead atoms. The maximum Gasteiger partial charge on any atom is 0.245 e. The van der Waals surface area contributed by atoms with Crippen molar-refractivity contribution in [1.29, 1.82) is 0 Å². The Hall–Kier alpha value is -1.72. The zero-order valence-corrected chi connectivity index (χ0v) is 13.2. The number of anilines is 1. The third-order valence-corrected chi connectivity index (χ3v) is 5.02. The molecular formula is C15H23N5O. The highest BCUT2D eigenvalue weighted by atomic mass is 16.2. The first-order chi connectivity index (χ1) is 9.89. The summed E-state index contributed by atoms with van der Waals surface area (Å²) in [5.74, 6) is 1.46.